The smallest absolute Gasteiger partial charge is 0.410 e. The van der Waals surface area contributed by atoms with Crippen LogP contribution in [0.3, 0.4) is 0 Å². The Morgan fingerprint density at radius 2 is 1.65 bits per heavy atom. The van der Waals surface area contributed by atoms with Crippen molar-refractivity contribution in [2.75, 3.05) is 13.2 Å². The van der Waals surface area contributed by atoms with Gasteiger partial charge >= 0.3 is 11.8 Å². The number of aromatic nitrogens is 2. The van der Waals surface area contributed by atoms with Gasteiger partial charge in [0.1, 0.15) is 16.5 Å². The number of carbonyl (C=O) groups is 2. The van der Waals surface area contributed by atoms with Crippen molar-refractivity contribution < 1.29 is 23.1 Å². The number of fused-ring (bicyclic) bond motifs is 3. The maximum absolute atomic E-state index is 13.7. The number of Topliss-reactive ketones (excluding diaryl/α,β-unsaturated/α-hetero) is 1. The Bertz CT molecular complexity index is 1640. The third-order valence-electron chi connectivity index (χ3n) is 6.20. The molecule has 0 aliphatic carbocycles. The lowest BCUT2D eigenvalue weighted by atomic mass is 10.1. The number of hydrogen-bond donors (Lipinski definition) is 0. The summed E-state index contributed by atoms with van der Waals surface area (Å²) in [6.07, 6.45) is -0.116. The van der Waals surface area contributed by atoms with Crippen molar-refractivity contribution in [2.45, 2.75) is 26.4 Å². The average molecular weight is 526 g/mol. The molecular weight excluding hydrogens is 504 g/mol. The molecule has 37 heavy (non-hydrogen) atoms. The normalized spacial score (nSPS) is 13.0. The number of ether oxygens (including phenoxy) is 1. The molecule has 0 N–H and O–H groups in total. The van der Waals surface area contributed by atoms with Crippen LogP contribution in [0.4, 0.5) is 13.6 Å². The summed E-state index contributed by atoms with van der Waals surface area (Å²) in [5, 5.41) is 0.277. The molecule has 1 aliphatic heterocycles. The Labute approximate surface area is 212 Å². The molecule has 2 aromatic heterocycles. The Morgan fingerprint density at radius 1 is 1.00 bits per heavy atom. The number of carbonyl (C=O) groups excluding carboxylic acids is 2. The summed E-state index contributed by atoms with van der Waals surface area (Å²) < 4.78 is 34.2. The van der Waals surface area contributed by atoms with E-state index in [1.165, 1.54) is 45.1 Å². The molecule has 0 bridgehead atoms. The van der Waals surface area contributed by atoms with Crippen LogP contribution < -0.4 is 11.2 Å². The third-order valence-corrected chi connectivity index (χ3v) is 7.44. The first-order valence-electron chi connectivity index (χ1n) is 11.5. The van der Waals surface area contributed by atoms with E-state index < -0.39 is 41.3 Å². The summed E-state index contributed by atoms with van der Waals surface area (Å²) in [4.78, 5) is 55.2. The second-order valence-electron chi connectivity index (χ2n) is 8.47. The molecule has 8 nitrogen and oxygen atoms in total. The predicted octanol–water partition coefficient (Wildman–Crippen LogP) is 3.89. The maximum Gasteiger partial charge on any atom is 0.410 e. The van der Waals surface area contributed by atoms with Gasteiger partial charge < -0.3 is 9.64 Å². The van der Waals surface area contributed by atoms with Crippen molar-refractivity contribution in [3.05, 3.63) is 97.0 Å². The van der Waals surface area contributed by atoms with E-state index in [1.807, 2.05) is 0 Å². The second-order valence-corrected chi connectivity index (χ2v) is 9.55. The molecule has 0 fully saturated rings. The van der Waals surface area contributed by atoms with E-state index in [0.717, 1.165) is 28.8 Å². The first-order chi connectivity index (χ1) is 17.8. The molecule has 0 atom stereocenters. The number of nitrogens with zero attached hydrogens (tertiary/aromatic N) is 3. The predicted molar refractivity (Wildman–Crippen MR) is 134 cm³/mol. The lowest BCUT2D eigenvalue weighted by molar-refractivity contribution is 0.0970. The molecule has 5 rings (SSSR count). The summed E-state index contributed by atoms with van der Waals surface area (Å²) in [5.41, 5.74) is -0.287. The highest BCUT2D eigenvalue weighted by Crippen LogP contribution is 2.33. The van der Waals surface area contributed by atoms with E-state index >= 15 is 0 Å². The number of hydrogen-bond acceptors (Lipinski definition) is 6. The summed E-state index contributed by atoms with van der Waals surface area (Å²) >= 11 is 1.17. The van der Waals surface area contributed by atoms with Crippen molar-refractivity contribution in [1.82, 2.24) is 14.0 Å². The number of thiophene rings is 1. The van der Waals surface area contributed by atoms with Crippen molar-refractivity contribution in [3.63, 3.8) is 0 Å². The standard InChI is InChI=1S/C26H21F2N3O5S/c1-2-36-26(35)29-12-11-19-21(14-29)37-24-22(19)23(33)31(18-9-7-17(28)8-10-18)25(34)30(24)13-20(32)15-3-5-16(27)6-4-15/h3-10H,2,11-14H2,1H3. The molecule has 2 aromatic carbocycles. The minimum atomic E-state index is -0.764. The lowest BCUT2D eigenvalue weighted by Gasteiger charge is -2.25. The minimum Gasteiger partial charge on any atom is -0.450 e. The van der Waals surface area contributed by atoms with Crippen LogP contribution in [0.25, 0.3) is 15.9 Å². The van der Waals surface area contributed by atoms with Gasteiger partial charge in [-0.3, -0.25) is 14.2 Å². The summed E-state index contributed by atoms with van der Waals surface area (Å²) in [6, 6.07) is 9.87. The number of amides is 1. The van der Waals surface area contributed by atoms with Crippen LogP contribution >= 0.6 is 11.3 Å². The molecule has 1 aliphatic rings. The van der Waals surface area contributed by atoms with Crippen molar-refractivity contribution in [2.24, 2.45) is 0 Å². The highest BCUT2D eigenvalue weighted by molar-refractivity contribution is 7.18. The molecule has 0 saturated heterocycles. The number of benzene rings is 2. The van der Waals surface area contributed by atoms with Crippen molar-refractivity contribution >= 4 is 33.4 Å². The fraction of sp³-hybridized carbons (Fsp3) is 0.231. The monoisotopic (exact) mass is 525 g/mol. The average Bonchev–Trinajstić information content (AvgIpc) is 3.27. The van der Waals surface area contributed by atoms with E-state index in [1.54, 1.807) is 6.92 Å². The quantitative estimate of drug-likeness (QED) is 0.369. The van der Waals surface area contributed by atoms with Gasteiger partial charge in [0.05, 0.1) is 30.8 Å². The number of ketones is 1. The van der Waals surface area contributed by atoms with Crippen LogP contribution in [0.15, 0.2) is 58.1 Å². The van der Waals surface area contributed by atoms with Gasteiger partial charge in [0.15, 0.2) is 5.78 Å². The molecule has 3 heterocycles. The van der Waals surface area contributed by atoms with Gasteiger partial charge in [0.25, 0.3) is 5.56 Å². The summed E-state index contributed by atoms with van der Waals surface area (Å²) in [7, 11) is 0. The first-order valence-corrected chi connectivity index (χ1v) is 12.4. The zero-order chi connectivity index (χ0) is 26.3. The maximum atomic E-state index is 13.7. The lowest BCUT2D eigenvalue weighted by Crippen LogP contribution is -2.40. The van der Waals surface area contributed by atoms with Crippen LogP contribution in [0.5, 0.6) is 0 Å². The van der Waals surface area contributed by atoms with Crippen molar-refractivity contribution in [3.8, 4) is 5.69 Å². The van der Waals surface area contributed by atoms with Gasteiger partial charge in [-0.15, -0.1) is 11.3 Å². The molecular formula is C26H21F2N3O5S. The van der Waals surface area contributed by atoms with Gasteiger partial charge in [-0.2, -0.15) is 0 Å². The minimum absolute atomic E-state index is 0.158. The van der Waals surface area contributed by atoms with Gasteiger partial charge in [-0.25, -0.2) is 22.9 Å². The number of halogens is 2. The van der Waals surface area contributed by atoms with Crippen LogP contribution in [0.2, 0.25) is 0 Å². The van der Waals surface area contributed by atoms with Gasteiger partial charge in [0, 0.05) is 17.0 Å². The second kappa shape index (κ2) is 9.74. The molecule has 4 aromatic rings. The number of rotatable bonds is 5. The molecule has 0 spiro atoms. The fourth-order valence-corrected chi connectivity index (χ4v) is 5.75. The summed E-state index contributed by atoms with van der Waals surface area (Å²) in [5.74, 6) is -1.48. The van der Waals surface area contributed by atoms with Gasteiger partial charge in [-0.05, 0) is 67.4 Å². The zero-order valence-electron chi connectivity index (χ0n) is 19.7. The fourth-order valence-electron chi connectivity index (χ4n) is 4.40. The molecule has 11 heteroatoms. The highest BCUT2D eigenvalue weighted by atomic mass is 32.1. The van der Waals surface area contributed by atoms with E-state index in [-0.39, 0.29) is 29.8 Å². The van der Waals surface area contributed by atoms with E-state index in [0.29, 0.717) is 28.2 Å². The third kappa shape index (κ3) is 4.46. The molecule has 190 valence electrons. The molecule has 1 amide bonds. The van der Waals surface area contributed by atoms with Crippen LogP contribution in [-0.4, -0.2) is 39.1 Å². The van der Waals surface area contributed by atoms with Gasteiger partial charge in [0.2, 0.25) is 0 Å². The largest absolute Gasteiger partial charge is 0.450 e. The highest BCUT2D eigenvalue weighted by Gasteiger charge is 2.29. The SMILES string of the molecule is CCOC(=O)N1CCc2c(sc3c2c(=O)n(-c2ccc(F)cc2)c(=O)n3CC(=O)c2ccc(F)cc2)C1. The van der Waals surface area contributed by atoms with Crippen LogP contribution in [-0.2, 0) is 24.2 Å². The van der Waals surface area contributed by atoms with Crippen LogP contribution in [0.1, 0.15) is 27.7 Å². The van der Waals surface area contributed by atoms with Gasteiger partial charge in [-0.1, -0.05) is 0 Å². The molecule has 0 unspecified atom stereocenters. The topological polar surface area (TPSA) is 90.6 Å². The van der Waals surface area contributed by atoms with Crippen LogP contribution in [0, 0.1) is 11.6 Å². The Hall–Kier alpha value is -4.12. The molecule has 0 saturated carbocycles. The Balaban J connectivity index is 1.69. The zero-order valence-corrected chi connectivity index (χ0v) is 20.5. The van der Waals surface area contributed by atoms with E-state index in [9.17, 15) is 28.0 Å². The first kappa shape index (κ1) is 24.6. The Morgan fingerprint density at radius 3 is 2.30 bits per heavy atom. The molecule has 0 radical (unpaired) electrons. The Kier molecular flexibility index (Phi) is 6.46. The van der Waals surface area contributed by atoms with E-state index in [4.69, 9.17) is 4.74 Å². The van der Waals surface area contributed by atoms with E-state index in [2.05, 4.69) is 0 Å². The summed E-state index contributed by atoms with van der Waals surface area (Å²) in [6.45, 7) is 2.05. The van der Waals surface area contributed by atoms with Crippen molar-refractivity contribution in [1.29, 1.82) is 0 Å².